The van der Waals surface area contributed by atoms with Crippen molar-refractivity contribution in [1.82, 2.24) is 9.88 Å². The molecule has 1 aliphatic heterocycles. The van der Waals surface area contributed by atoms with E-state index in [0.29, 0.717) is 11.7 Å². The highest BCUT2D eigenvalue weighted by Gasteiger charge is 2.39. The van der Waals surface area contributed by atoms with E-state index in [9.17, 15) is 9.59 Å². The van der Waals surface area contributed by atoms with Gasteiger partial charge in [-0.2, -0.15) is 0 Å². The van der Waals surface area contributed by atoms with Gasteiger partial charge in [-0.1, -0.05) is 0 Å². The predicted octanol–water partition coefficient (Wildman–Crippen LogP) is 0.516. The minimum absolute atomic E-state index is 0.0432. The van der Waals surface area contributed by atoms with Crippen molar-refractivity contribution in [1.29, 1.82) is 0 Å². The van der Waals surface area contributed by atoms with Crippen LogP contribution >= 0.6 is 11.3 Å². The van der Waals surface area contributed by atoms with E-state index in [1.54, 1.807) is 4.90 Å². The van der Waals surface area contributed by atoms with Crippen LogP contribution in [0.15, 0.2) is 0 Å². The third-order valence-corrected chi connectivity index (χ3v) is 4.83. The number of aliphatic carboxylic acids is 1. The Bertz CT molecular complexity index is 542. The van der Waals surface area contributed by atoms with Crippen LogP contribution in [0.5, 0.6) is 0 Å². The lowest BCUT2D eigenvalue weighted by molar-refractivity contribution is -0.141. The van der Waals surface area contributed by atoms with Crippen molar-refractivity contribution >= 4 is 28.3 Å². The fraction of sp³-hybridized carbons (Fsp3) is 0.583. The molecule has 1 saturated heterocycles. The molecule has 0 saturated carbocycles. The van der Waals surface area contributed by atoms with Crippen molar-refractivity contribution in [2.75, 3.05) is 12.3 Å². The third kappa shape index (κ3) is 2.18. The summed E-state index contributed by atoms with van der Waals surface area (Å²) < 4.78 is 0. The molecule has 1 unspecified atom stereocenters. The number of nitrogens with zero attached hydrogens (tertiary/aromatic N) is 2. The number of rotatable bonds is 2. The van der Waals surface area contributed by atoms with Crippen molar-refractivity contribution in [2.24, 2.45) is 5.92 Å². The minimum atomic E-state index is -0.880. The number of carboxylic acid groups (broad SMARTS) is 1. The Kier molecular flexibility index (Phi) is 2.93. The van der Waals surface area contributed by atoms with Gasteiger partial charge in [-0.05, 0) is 12.8 Å². The van der Waals surface area contributed by atoms with Crippen LogP contribution < -0.4 is 5.73 Å². The quantitative estimate of drug-likeness (QED) is 0.823. The normalized spacial score (nSPS) is 26.5. The molecule has 0 aromatic carbocycles. The number of nitrogen functional groups attached to an aromatic ring is 1. The summed E-state index contributed by atoms with van der Waals surface area (Å²) in [5.74, 6) is -1.48. The number of hydrogen-bond acceptors (Lipinski definition) is 5. The van der Waals surface area contributed by atoms with Crippen molar-refractivity contribution in [3.8, 4) is 0 Å². The van der Waals surface area contributed by atoms with Crippen LogP contribution in [0.2, 0.25) is 0 Å². The topological polar surface area (TPSA) is 96.5 Å². The standard InChI is InChI=1S/C12H15N3O3S/c13-12-14-8-2-1-7(4-9(8)19-12)15-5-6(11(17)18)3-10(15)16/h6-7H,1-5H2,(H2,13,14)(H,17,18)/t6?,7-/m0/s1. The second kappa shape index (κ2) is 4.48. The minimum Gasteiger partial charge on any atom is -0.481 e. The monoisotopic (exact) mass is 281 g/mol. The van der Waals surface area contributed by atoms with E-state index >= 15 is 0 Å². The van der Waals surface area contributed by atoms with Gasteiger partial charge in [-0.3, -0.25) is 9.59 Å². The molecule has 2 atom stereocenters. The van der Waals surface area contributed by atoms with E-state index in [-0.39, 0.29) is 18.4 Å². The molecule has 102 valence electrons. The fourth-order valence-electron chi connectivity index (χ4n) is 2.89. The molecule has 3 N–H and O–H groups in total. The zero-order valence-corrected chi connectivity index (χ0v) is 11.2. The number of aryl methyl sites for hydroxylation is 1. The first-order valence-electron chi connectivity index (χ1n) is 6.31. The van der Waals surface area contributed by atoms with Gasteiger partial charge in [-0.25, -0.2) is 4.98 Å². The summed E-state index contributed by atoms with van der Waals surface area (Å²) in [6, 6.07) is 0.101. The van der Waals surface area contributed by atoms with Crippen LogP contribution in [-0.2, 0) is 22.4 Å². The SMILES string of the molecule is Nc1nc2c(s1)C[C@@H](N1CC(C(=O)O)CC1=O)CC2. The first kappa shape index (κ1) is 12.4. The highest BCUT2D eigenvalue weighted by molar-refractivity contribution is 7.15. The van der Waals surface area contributed by atoms with Crippen molar-refractivity contribution < 1.29 is 14.7 Å². The molecule has 1 fully saturated rings. The number of fused-ring (bicyclic) bond motifs is 1. The number of anilines is 1. The number of likely N-dealkylation sites (tertiary alicyclic amines) is 1. The first-order valence-corrected chi connectivity index (χ1v) is 7.12. The van der Waals surface area contributed by atoms with Gasteiger partial charge in [0.05, 0.1) is 11.6 Å². The highest BCUT2D eigenvalue weighted by Crippen LogP contribution is 2.32. The number of hydrogen-bond donors (Lipinski definition) is 2. The number of carbonyl (C=O) groups excluding carboxylic acids is 1. The average molecular weight is 281 g/mol. The number of nitrogens with two attached hydrogens (primary N) is 1. The molecule has 1 aromatic heterocycles. The van der Waals surface area contributed by atoms with Crippen LogP contribution in [0, 0.1) is 5.92 Å². The second-order valence-electron chi connectivity index (χ2n) is 5.10. The Morgan fingerprint density at radius 2 is 2.26 bits per heavy atom. The molecule has 7 heteroatoms. The predicted molar refractivity (Wildman–Crippen MR) is 69.8 cm³/mol. The average Bonchev–Trinajstić information content (AvgIpc) is 2.90. The van der Waals surface area contributed by atoms with E-state index in [1.165, 1.54) is 11.3 Å². The number of thiazole rings is 1. The summed E-state index contributed by atoms with van der Waals surface area (Å²) in [6.07, 6.45) is 2.54. The molecule has 6 nitrogen and oxygen atoms in total. The van der Waals surface area contributed by atoms with Crippen LogP contribution in [0.25, 0.3) is 0 Å². The van der Waals surface area contributed by atoms with Crippen molar-refractivity contribution in [3.05, 3.63) is 10.6 Å². The molecule has 0 radical (unpaired) electrons. The van der Waals surface area contributed by atoms with Gasteiger partial charge in [0.25, 0.3) is 0 Å². The molecule has 1 amide bonds. The first-order chi connectivity index (χ1) is 9.04. The fourth-order valence-corrected chi connectivity index (χ4v) is 3.84. The Labute approximate surface area is 114 Å². The molecular formula is C12H15N3O3S. The van der Waals surface area contributed by atoms with Crippen LogP contribution in [-0.4, -0.2) is 39.5 Å². The maximum absolute atomic E-state index is 11.9. The molecule has 1 aromatic rings. The summed E-state index contributed by atoms with van der Waals surface area (Å²) in [5.41, 5.74) is 6.74. The summed E-state index contributed by atoms with van der Waals surface area (Å²) in [7, 11) is 0. The van der Waals surface area contributed by atoms with Crippen molar-refractivity contribution in [3.63, 3.8) is 0 Å². The van der Waals surface area contributed by atoms with E-state index in [2.05, 4.69) is 4.98 Å². The summed E-state index contributed by atoms with van der Waals surface area (Å²) in [4.78, 5) is 30.1. The van der Waals surface area contributed by atoms with Gasteiger partial charge in [0.1, 0.15) is 0 Å². The lowest BCUT2D eigenvalue weighted by Gasteiger charge is -2.30. The maximum atomic E-state index is 11.9. The van der Waals surface area contributed by atoms with Crippen LogP contribution in [0.3, 0.4) is 0 Å². The van der Waals surface area contributed by atoms with E-state index in [1.807, 2.05) is 0 Å². The molecule has 2 aliphatic rings. The van der Waals surface area contributed by atoms with Gasteiger partial charge >= 0.3 is 5.97 Å². The van der Waals surface area contributed by atoms with Gasteiger partial charge in [0.15, 0.2) is 5.13 Å². The van der Waals surface area contributed by atoms with Gasteiger partial charge in [0, 0.05) is 30.3 Å². The van der Waals surface area contributed by atoms with E-state index < -0.39 is 11.9 Å². The number of carboxylic acids is 1. The largest absolute Gasteiger partial charge is 0.481 e. The van der Waals surface area contributed by atoms with E-state index in [4.69, 9.17) is 10.8 Å². The number of aromatic nitrogens is 1. The second-order valence-corrected chi connectivity index (χ2v) is 6.22. The summed E-state index contributed by atoms with van der Waals surface area (Å²) in [5, 5.41) is 9.58. The molecule has 0 bridgehead atoms. The smallest absolute Gasteiger partial charge is 0.308 e. The number of carbonyl (C=O) groups is 2. The Hall–Kier alpha value is -1.63. The lowest BCUT2D eigenvalue weighted by atomic mass is 9.96. The Morgan fingerprint density at radius 1 is 1.47 bits per heavy atom. The molecule has 19 heavy (non-hydrogen) atoms. The third-order valence-electron chi connectivity index (χ3n) is 3.88. The molecule has 1 aliphatic carbocycles. The Morgan fingerprint density at radius 3 is 2.95 bits per heavy atom. The molecule has 2 heterocycles. The van der Waals surface area contributed by atoms with Gasteiger partial charge < -0.3 is 15.7 Å². The summed E-state index contributed by atoms with van der Waals surface area (Å²) in [6.45, 7) is 0.336. The van der Waals surface area contributed by atoms with Crippen molar-refractivity contribution in [2.45, 2.75) is 31.7 Å². The van der Waals surface area contributed by atoms with Gasteiger partial charge in [-0.15, -0.1) is 11.3 Å². The van der Waals surface area contributed by atoms with Crippen LogP contribution in [0.1, 0.15) is 23.4 Å². The van der Waals surface area contributed by atoms with E-state index in [0.717, 1.165) is 29.8 Å². The molecule has 3 rings (SSSR count). The molecular weight excluding hydrogens is 266 g/mol. The highest BCUT2D eigenvalue weighted by atomic mass is 32.1. The lowest BCUT2D eigenvalue weighted by Crippen LogP contribution is -2.40. The van der Waals surface area contributed by atoms with Gasteiger partial charge in [0.2, 0.25) is 5.91 Å². The van der Waals surface area contributed by atoms with Crippen LogP contribution in [0.4, 0.5) is 5.13 Å². The number of amides is 1. The maximum Gasteiger partial charge on any atom is 0.308 e. The zero-order chi connectivity index (χ0) is 13.6. The molecule has 0 spiro atoms. The summed E-state index contributed by atoms with van der Waals surface area (Å²) >= 11 is 1.47. The zero-order valence-electron chi connectivity index (χ0n) is 10.3. The Balaban J connectivity index is 1.75.